The van der Waals surface area contributed by atoms with Crippen molar-refractivity contribution in [3.8, 4) is 5.75 Å². The van der Waals surface area contributed by atoms with Crippen molar-refractivity contribution in [2.24, 2.45) is 0 Å². The number of rotatable bonds is 2. The number of aromatic carboxylic acids is 1. The van der Waals surface area contributed by atoms with Gasteiger partial charge in [0.05, 0.1) is 18.3 Å². The summed E-state index contributed by atoms with van der Waals surface area (Å²) < 4.78 is 5.01. The highest BCUT2D eigenvalue weighted by Crippen LogP contribution is 2.24. The zero-order valence-corrected chi connectivity index (χ0v) is 8.47. The summed E-state index contributed by atoms with van der Waals surface area (Å²) in [6.07, 6.45) is 0. The molecule has 0 atom stereocenters. The Morgan fingerprint density at radius 3 is 2.81 bits per heavy atom. The minimum atomic E-state index is -1.19. The third kappa shape index (κ3) is 1.50. The Balaban J connectivity index is 2.71. The standard InChI is InChI=1S/C10H9N3O3/c1-16-5-2-3-6-7(4-5)12-13-9(8(6)11)10(14)15/h2-4H,1H3,(H2,11,12)(H,14,15). The summed E-state index contributed by atoms with van der Waals surface area (Å²) in [6, 6.07) is 4.99. The first-order chi connectivity index (χ1) is 7.63. The van der Waals surface area contributed by atoms with Gasteiger partial charge in [-0.1, -0.05) is 0 Å². The smallest absolute Gasteiger partial charge is 0.358 e. The van der Waals surface area contributed by atoms with Gasteiger partial charge in [-0.15, -0.1) is 10.2 Å². The highest BCUT2D eigenvalue weighted by Gasteiger charge is 2.14. The molecule has 16 heavy (non-hydrogen) atoms. The van der Waals surface area contributed by atoms with E-state index in [1.165, 1.54) is 7.11 Å². The quantitative estimate of drug-likeness (QED) is 0.779. The normalized spacial score (nSPS) is 10.3. The Bertz CT molecular complexity index is 568. The Labute approximate surface area is 90.7 Å². The van der Waals surface area contributed by atoms with E-state index in [1.54, 1.807) is 18.2 Å². The number of carbonyl (C=O) groups is 1. The molecule has 0 bridgehead atoms. The fourth-order valence-corrected chi connectivity index (χ4v) is 1.39. The highest BCUT2D eigenvalue weighted by molar-refractivity contribution is 6.01. The van der Waals surface area contributed by atoms with Crippen LogP contribution in [-0.2, 0) is 0 Å². The third-order valence-electron chi connectivity index (χ3n) is 2.21. The van der Waals surface area contributed by atoms with Crippen LogP contribution in [0.1, 0.15) is 10.5 Å². The Kier molecular flexibility index (Phi) is 2.32. The zero-order chi connectivity index (χ0) is 11.7. The van der Waals surface area contributed by atoms with Crippen LogP contribution in [0.2, 0.25) is 0 Å². The maximum Gasteiger partial charge on any atom is 0.358 e. The minimum absolute atomic E-state index is 0.111. The van der Waals surface area contributed by atoms with Gasteiger partial charge < -0.3 is 15.6 Å². The lowest BCUT2D eigenvalue weighted by molar-refractivity contribution is 0.0691. The summed E-state index contributed by atoms with van der Waals surface area (Å²) in [5.74, 6) is -0.577. The number of anilines is 1. The molecule has 82 valence electrons. The van der Waals surface area contributed by atoms with E-state index in [0.717, 1.165) is 0 Å². The third-order valence-corrected chi connectivity index (χ3v) is 2.21. The number of hydrogen-bond acceptors (Lipinski definition) is 5. The summed E-state index contributed by atoms with van der Waals surface area (Å²) in [7, 11) is 1.53. The monoisotopic (exact) mass is 219 g/mol. The SMILES string of the molecule is COc1ccc2c(N)c(C(=O)O)nnc2c1. The van der Waals surface area contributed by atoms with Crippen molar-refractivity contribution < 1.29 is 14.6 Å². The number of nitrogens with zero attached hydrogens (tertiary/aromatic N) is 2. The number of carboxylic acids is 1. The molecule has 0 aliphatic carbocycles. The summed E-state index contributed by atoms with van der Waals surface area (Å²) in [5.41, 5.74) is 6.06. The van der Waals surface area contributed by atoms with Gasteiger partial charge in [0.25, 0.3) is 0 Å². The van der Waals surface area contributed by atoms with Gasteiger partial charge in [0.15, 0.2) is 5.69 Å². The van der Waals surface area contributed by atoms with Crippen LogP contribution < -0.4 is 10.5 Å². The molecule has 0 spiro atoms. The van der Waals surface area contributed by atoms with Crippen LogP contribution in [0.4, 0.5) is 5.69 Å². The van der Waals surface area contributed by atoms with Gasteiger partial charge in [-0.2, -0.15) is 0 Å². The van der Waals surface area contributed by atoms with Crippen LogP contribution in [0, 0.1) is 0 Å². The molecule has 2 aromatic rings. The lowest BCUT2D eigenvalue weighted by atomic mass is 10.1. The Hall–Kier alpha value is -2.37. The summed E-state index contributed by atoms with van der Waals surface area (Å²) in [4.78, 5) is 10.8. The van der Waals surface area contributed by atoms with Crippen molar-refractivity contribution in [1.82, 2.24) is 10.2 Å². The van der Waals surface area contributed by atoms with Crippen LogP contribution in [0.5, 0.6) is 5.75 Å². The molecule has 0 fully saturated rings. The molecule has 0 radical (unpaired) electrons. The van der Waals surface area contributed by atoms with Gasteiger partial charge in [0, 0.05) is 11.5 Å². The van der Waals surface area contributed by atoms with Gasteiger partial charge in [-0.05, 0) is 12.1 Å². The van der Waals surface area contributed by atoms with Gasteiger partial charge in [0.1, 0.15) is 5.75 Å². The first-order valence-electron chi connectivity index (χ1n) is 4.46. The molecule has 1 heterocycles. The molecule has 0 amide bonds. The molecule has 0 aliphatic heterocycles. The summed E-state index contributed by atoms with van der Waals surface area (Å²) >= 11 is 0. The second kappa shape index (κ2) is 3.65. The topological polar surface area (TPSA) is 98.3 Å². The Morgan fingerprint density at radius 1 is 1.44 bits per heavy atom. The second-order valence-electron chi connectivity index (χ2n) is 3.15. The first-order valence-corrected chi connectivity index (χ1v) is 4.46. The molecule has 0 saturated heterocycles. The molecular formula is C10H9N3O3. The van der Waals surface area contributed by atoms with Gasteiger partial charge in [-0.25, -0.2) is 4.79 Å². The minimum Gasteiger partial charge on any atom is -0.497 e. The predicted octanol–water partition coefficient (Wildman–Crippen LogP) is 0.919. The number of hydrogen-bond donors (Lipinski definition) is 2. The molecule has 1 aromatic carbocycles. The number of aromatic nitrogens is 2. The summed E-state index contributed by atoms with van der Waals surface area (Å²) in [5, 5.41) is 16.7. The van der Waals surface area contributed by atoms with E-state index in [9.17, 15) is 4.79 Å². The van der Waals surface area contributed by atoms with E-state index in [4.69, 9.17) is 15.6 Å². The fourth-order valence-electron chi connectivity index (χ4n) is 1.39. The number of methoxy groups -OCH3 is 1. The molecule has 3 N–H and O–H groups in total. The number of benzene rings is 1. The van der Waals surface area contributed by atoms with Gasteiger partial charge in [0.2, 0.25) is 0 Å². The number of ether oxygens (including phenoxy) is 1. The van der Waals surface area contributed by atoms with Crippen LogP contribution in [0.15, 0.2) is 18.2 Å². The van der Waals surface area contributed by atoms with Crippen LogP contribution in [0.3, 0.4) is 0 Å². The number of nitrogen functional groups attached to an aromatic ring is 1. The second-order valence-corrected chi connectivity index (χ2v) is 3.15. The zero-order valence-electron chi connectivity index (χ0n) is 8.47. The molecule has 6 heteroatoms. The van der Waals surface area contributed by atoms with Crippen molar-refractivity contribution in [3.05, 3.63) is 23.9 Å². The van der Waals surface area contributed by atoms with Crippen LogP contribution in [0.25, 0.3) is 10.9 Å². The fraction of sp³-hybridized carbons (Fsp3) is 0.100. The molecule has 0 aliphatic rings. The molecule has 6 nitrogen and oxygen atoms in total. The highest BCUT2D eigenvalue weighted by atomic mass is 16.5. The van der Waals surface area contributed by atoms with E-state index in [-0.39, 0.29) is 11.4 Å². The largest absolute Gasteiger partial charge is 0.497 e. The molecule has 1 aromatic heterocycles. The lowest BCUT2D eigenvalue weighted by Gasteiger charge is -2.05. The van der Waals surface area contributed by atoms with Crippen molar-refractivity contribution in [2.75, 3.05) is 12.8 Å². The molecule has 0 unspecified atom stereocenters. The van der Waals surface area contributed by atoms with Gasteiger partial charge in [-0.3, -0.25) is 0 Å². The molecular weight excluding hydrogens is 210 g/mol. The van der Waals surface area contributed by atoms with E-state index >= 15 is 0 Å². The maximum absolute atomic E-state index is 10.8. The first kappa shape index (κ1) is 10.2. The van der Waals surface area contributed by atoms with Crippen LogP contribution in [-0.4, -0.2) is 28.4 Å². The van der Waals surface area contributed by atoms with E-state index in [0.29, 0.717) is 16.7 Å². The predicted molar refractivity (Wildman–Crippen MR) is 57.5 cm³/mol. The molecule has 0 saturated carbocycles. The van der Waals surface area contributed by atoms with E-state index < -0.39 is 5.97 Å². The van der Waals surface area contributed by atoms with Crippen molar-refractivity contribution in [2.45, 2.75) is 0 Å². The maximum atomic E-state index is 10.8. The van der Waals surface area contributed by atoms with E-state index in [2.05, 4.69) is 10.2 Å². The average molecular weight is 219 g/mol. The van der Waals surface area contributed by atoms with Crippen molar-refractivity contribution in [1.29, 1.82) is 0 Å². The Morgan fingerprint density at radius 2 is 2.19 bits per heavy atom. The van der Waals surface area contributed by atoms with E-state index in [1.807, 2.05) is 0 Å². The lowest BCUT2D eigenvalue weighted by Crippen LogP contribution is -2.07. The van der Waals surface area contributed by atoms with Crippen molar-refractivity contribution >= 4 is 22.6 Å². The molecule has 2 rings (SSSR count). The number of carboxylic acid groups (broad SMARTS) is 1. The average Bonchev–Trinajstić information content (AvgIpc) is 2.28. The number of nitrogens with two attached hydrogens (primary N) is 1. The van der Waals surface area contributed by atoms with Crippen molar-refractivity contribution in [3.63, 3.8) is 0 Å². The van der Waals surface area contributed by atoms with Crippen LogP contribution >= 0.6 is 0 Å². The van der Waals surface area contributed by atoms with Gasteiger partial charge >= 0.3 is 5.97 Å². The number of fused-ring (bicyclic) bond motifs is 1. The summed E-state index contributed by atoms with van der Waals surface area (Å²) in [6.45, 7) is 0.